The third-order valence-corrected chi connectivity index (χ3v) is 5.07. The number of benzene rings is 2. The third kappa shape index (κ3) is 4.61. The van der Waals surface area contributed by atoms with E-state index in [0.29, 0.717) is 16.2 Å². The van der Waals surface area contributed by atoms with Gasteiger partial charge in [-0.15, -0.1) is 0 Å². The van der Waals surface area contributed by atoms with Crippen molar-refractivity contribution in [2.45, 2.75) is 6.92 Å². The molecule has 1 saturated heterocycles. The minimum atomic E-state index is -0.310. The molecule has 2 aromatic carbocycles. The largest absolute Gasteiger partial charge is 0.507 e. The Labute approximate surface area is 167 Å². The number of carbonyl (C=O) groups excluding carboxylic acids is 2. The van der Waals surface area contributed by atoms with Crippen LogP contribution in [0.2, 0.25) is 0 Å². The molecule has 1 heterocycles. The van der Waals surface area contributed by atoms with Crippen LogP contribution in [0.4, 0.5) is 4.79 Å². The van der Waals surface area contributed by atoms with Gasteiger partial charge in [0.2, 0.25) is 0 Å². The van der Waals surface area contributed by atoms with Crippen LogP contribution < -0.4 is 4.74 Å². The predicted octanol–water partition coefficient (Wildman–Crippen LogP) is 3.86. The summed E-state index contributed by atoms with van der Waals surface area (Å²) in [7, 11) is 1.54. The van der Waals surface area contributed by atoms with E-state index in [9.17, 15) is 14.7 Å². The third-order valence-electron chi connectivity index (χ3n) is 4.17. The molecular formula is C21H20N2O4S. The molecule has 0 unspecified atom stereocenters. The number of hydrogen-bond donors (Lipinski definition) is 1. The Morgan fingerprint density at radius 3 is 2.64 bits per heavy atom. The highest BCUT2D eigenvalue weighted by molar-refractivity contribution is 8.18. The lowest BCUT2D eigenvalue weighted by Gasteiger charge is -2.10. The molecule has 1 N–H and O–H groups in total. The number of ether oxygens (including phenoxy) is 1. The van der Waals surface area contributed by atoms with Crippen molar-refractivity contribution in [3.05, 3.63) is 64.1 Å². The number of aryl methyl sites for hydroxylation is 1. The van der Waals surface area contributed by atoms with Crippen molar-refractivity contribution < 1.29 is 19.4 Å². The van der Waals surface area contributed by atoms with Crippen molar-refractivity contribution in [1.82, 2.24) is 4.90 Å². The summed E-state index contributed by atoms with van der Waals surface area (Å²) in [6, 6.07) is 12.6. The fraction of sp³-hybridized carbons (Fsp3) is 0.190. The smallest absolute Gasteiger partial charge is 0.293 e. The van der Waals surface area contributed by atoms with E-state index in [2.05, 4.69) is 4.99 Å². The molecule has 0 saturated carbocycles. The van der Waals surface area contributed by atoms with Gasteiger partial charge in [0.05, 0.1) is 18.6 Å². The zero-order valence-electron chi connectivity index (χ0n) is 15.6. The molecule has 0 atom stereocenters. The predicted molar refractivity (Wildman–Crippen MR) is 111 cm³/mol. The summed E-state index contributed by atoms with van der Waals surface area (Å²) < 4.78 is 5.11. The summed E-state index contributed by atoms with van der Waals surface area (Å²) in [6.45, 7) is 2.41. The number of nitrogens with zero attached hydrogens (tertiary/aromatic N) is 2. The molecule has 3 rings (SSSR count). The Balaban J connectivity index is 1.63. The monoisotopic (exact) mass is 396 g/mol. The molecule has 1 aliphatic rings. The molecule has 2 amide bonds. The van der Waals surface area contributed by atoms with Gasteiger partial charge >= 0.3 is 0 Å². The number of carbonyl (C=O) groups is 2. The Hall–Kier alpha value is -3.06. The number of phenols is 1. The lowest BCUT2D eigenvalue weighted by molar-refractivity contribution is -0.122. The molecule has 1 fully saturated rings. The Morgan fingerprint density at radius 2 is 1.93 bits per heavy atom. The number of amides is 2. The summed E-state index contributed by atoms with van der Waals surface area (Å²) in [4.78, 5) is 30.5. The van der Waals surface area contributed by atoms with Crippen molar-refractivity contribution in [2.24, 2.45) is 4.99 Å². The standard InChI is InChI=1S/C21H20N2O4S/c1-14-3-5-15(6-4-14)11-19-20(25)23(21(26)28-19)10-9-22-13-16-12-17(27-2)7-8-18(16)24/h3-8,11-13,24H,9-10H2,1-2H3/b19-11-,22-13?. The van der Waals surface area contributed by atoms with Crippen LogP contribution in [0, 0.1) is 6.92 Å². The molecule has 0 aliphatic carbocycles. The number of aliphatic imine (C=N–C) groups is 1. The van der Waals surface area contributed by atoms with Crippen molar-refractivity contribution >= 4 is 35.2 Å². The van der Waals surface area contributed by atoms with Crippen molar-refractivity contribution in [3.8, 4) is 11.5 Å². The van der Waals surface area contributed by atoms with Gasteiger partial charge in [-0.1, -0.05) is 29.8 Å². The molecule has 0 spiro atoms. The van der Waals surface area contributed by atoms with Gasteiger partial charge in [-0.2, -0.15) is 0 Å². The highest BCUT2D eigenvalue weighted by Gasteiger charge is 2.34. The zero-order chi connectivity index (χ0) is 20.1. The van der Waals surface area contributed by atoms with Crippen molar-refractivity contribution in [1.29, 1.82) is 0 Å². The first-order valence-corrected chi connectivity index (χ1v) is 9.48. The van der Waals surface area contributed by atoms with Crippen LogP contribution in [0.15, 0.2) is 52.4 Å². The maximum atomic E-state index is 12.5. The second-order valence-electron chi connectivity index (χ2n) is 6.20. The van der Waals surface area contributed by atoms with Gasteiger partial charge in [-0.05, 0) is 48.5 Å². The van der Waals surface area contributed by atoms with E-state index in [4.69, 9.17) is 4.74 Å². The first kappa shape index (κ1) is 19.7. The Morgan fingerprint density at radius 1 is 1.18 bits per heavy atom. The summed E-state index contributed by atoms with van der Waals surface area (Å²) in [5, 5.41) is 9.54. The zero-order valence-corrected chi connectivity index (χ0v) is 16.4. The molecule has 6 nitrogen and oxygen atoms in total. The van der Waals surface area contributed by atoms with Crippen LogP contribution in [0.3, 0.4) is 0 Å². The number of aromatic hydroxyl groups is 1. The SMILES string of the molecule is COc1ccc(O)c(C=NCCN2C(=O)S/C(=C\c3ccc(C)cc3)C2=O)c1. The van der Waals surface area contributed by atoms with Gasteiger partial charge < -0.3 is 9.84 Å². The fourth-order valence-electron chi connectivity index (χ4n) is 2.59. The van der Waals surface area contributed by atoms with Gasteiger partial charge in [-0.3, -0.25) is 19.5 Å². The number of hydrogen-bond acceptors (Lipinski definition) is 6. The van der Waals surface area contributed by atoms with Crippen LogP contribution in [0.1, 0.15) is 16.7 Å². The summed E-state index contributed by atoms with van der Waals surface area (Å²) in [5.74, 6) is 0.373. The Bertz CT molecular complexity index is 951. The average Bonchev–Trinajstić information content (AvgIpc) is 2.95. The number of rotatable bonds is 6. The van der Waals surface area contributed by atoms with E-state index >= 15 is 0 Å². The van der Waals surface area contributed by atoms with E-state index in [-0.39, 0.29) is 30.0 Å². The lowest BCUT2D eigenvalue weighted by Crippen LogP contribution is -2.30. The second-order valence-corrected chi connectivity index (χ2v) is 7.20. The van der Waals surface area contributed by atoms with E-state index in [1.54, 1.807) is 18.2 Å². The molecule has 0 aromatic heterocycles. The highest BCUT2D eigenvalue weighted by atomic mass is 32.2. The second kappa shape index (κ2) is 8.75. The van der Waals surface area contributed by atoms with Gasteiger partial charge in [-0.25, -0.2) is 0 Å². The van der Waals surface area contributed by atoms with Gasteiger partial charge in [0.25, 0.3) is 11.1 Å². The number of thioether (sulfide) groups is 1. The van der Waals surface area contributed by atoms with Gasteiger partial charge in [0, 0.05) is 18.3 Å². The Kier molecular flexibility index (Phi) is 6.16. The maximum Gasteiger partial charge on any atom is 0.293 e. The molecule has 1 aliphatic heterocycles. The summed E-state index contributed by atoms with van der Waals surface area (Å²) in [6.07, 6.45) is 3.22. The molecular weight excluding hydrogens is 376 g/mol. The molecule has 0 bridgehead atoms. The molecule has 0 radical (unpaired) electrons. The molecule has 2 aromatic rings. The van der Waals surface area contributed by atoms with E-state index in [1.807, 2.05) is 31.2 Å². The van der Waals surface area contributed by atoms with Crippen LogP contribution in [0.25, 0.3) is 6.08 Å². The topological polar surface area (TPSA) is 79.2 Å². The van der Waals surface area contributed by atoms with E-state index in [0.717, 1.165) is 22.9 Å². The average molecular weight is 396 g/mol. The van der Waals surface area contributed by atoms with Crippen molar-refractivity contribution in [3.63, 3.8) is 0 Å². The first-order chi connectivity index (χ1) is 13.5. The van der Waals surface area contributed by atoms with Gasteiger partial charge in [0.1, 0.15) is 11.5 Å². The minimum absolute atomic E-state index is 0.0803. The van der Waals surface area contributed by atoms with Crippen molar-refractivity contribution in [2.75, 3.05) is 20.2 Å². The summed E-state index contributed by atoms with van der Waals surface area (Å²) in [5.41, 5.74) is 2.51. The van der Waals surface area contributed by atoms with Crippen LogP contribution in [-0.2, 0) is 4.79 Å². The molecule has 144 valence electrons. The number of methoxy groups -OCH3 is 1. The highest BCUT2D eigenvalue weighted by Crippen LogP contribution is 2.32. The maximum absolute atomic E-state index is 12.5. The van der Waals surface area contributed by atoms with Crippen LogP contribution in [0.5, 0.6) is 11.5 Å². The van der Waals surface area contributed by atoms with Gasteiger partial charge in [0.15, 0.2) is 0 Å². The summed E-state index contributed by atoms with van der Waals surface area (Å²) >= 11 is 0.933. The van der Waals surface area contributed by atoms with Crippen LogP contribution in [-0.4, -0.2) is 47.6 Å². The molecule has 7 heteroatoms. The quantitative estimate of drug-likeness (QED) is 0.592. The lowest BCUT2D eigenvalue weighted by atomic mass is 10.1. The number of imide groups is 1. The number of phenolic OH excluding ortho intramolecular Hbond substituents is 1. The fourth-order valence-corrected chi connectivity index (χ4v) is 3.46. The normalized spacial score (nSPS) is 15.8. The van der Waals surface area contributed by atoms with E-state index < -0.39 is 0 Å². The minimum Gasteiger partial charge on any atom is -0.507 e. The van der Waals surface area contributed by atoms with E-state index in [1.165, 1.54) is 24.3 Å². The first-order valence-electron chi connectivity index (χ1n) is 8.67. The molecule has 28 heavy (non-hydrogen) atoms. The van der Waals surface area contributed by atoms with Crippen LogP contribution >= 0.6 is 11.8 Å².